The average molecular weight is 331 g/mol. The molecule has 1 saturated heterocycles. The van der Waals surface area contributed by atoms with Crippen LogP contribution in [-0.4, -0.2) is 56.6 Å². The molecule has 1 aliphatic heterocycles. The molecule has 0 aromatic carbocycles. The Balaban J connectivity index is 1.57. The van der Waals surface area contributed by atoms with E-state index >= 15 is 0 Å². The summed E-state index contributed by atoms with van der Waals surface area (Å²) in [5.74, 6) is 1.72. The number of aryl methyl sites for hydroxylation is 1. The molecule has 1 unspecified atom stereocenters. The quantitative estimate of drug-likeness (QED) is 0.837. The molecule has 7 heteroatoms. The van der Waals surface area contributed by atoms with Gasteiger partial charge in [0, 0.05) is 44.5 Å². The highest BCUT2D eigenvalue weighted by atomic mass is 16.5. The van der Waals surface area contributed by atoms with Gasteiger partial charge in [-0.25, -0.2) is 0 Å². The van der Waals surface area contributed by atoms with E-state index in [0.29, 0.717) is 24.3 Å². The summed E-state index contributed by atoms with van der Waals surface area (Å²) in [5.41, 5.74) is 0.751. The van der Waals surface area contributed by atoms with Crippen LogP contribution in [0.2, 0.25) is 0 Å². The fraction of sp³-hybridized carbons (Fsp3) is 0.588. The molecule has 1 aliphatic rings. The molecule has 0 bridgehead atoms. The van der Waals surface area contributed by atoms with Crippen LogP contribution < -0.4 is 0 Å². The van der Waals surface area contributed by atoms with Gasteiger partial charge in [-0.2, -0.15) is 4.98 Å². The first kappa shape index (κ1) is 16.7. The minimum Gasteiger partial charge on any atom is -0.356 e. The maximum Gasteiger partial charge on any atom is 0.255 e. The second-order valence-corrected chi connectivity index (χ2v) is 6.88. The lowest BCUT2D eigenvalue weighted by Crippen LogP contribution is -2.36. The number of hydrogen-bond acceptors (Lipinski definition) is 5. The molecule has 130 valence electrons. The predicted octanol–water partition coefficient (Wildman–Crippen LogP) is 1.88. The van der Waals surface area contributed by atoms with Gasteiger partial charge in [-0.15, -0.1) is 0 Å². The molecule has 2 aromatic rings. The van der Waals surface area contributed by atoms with Gasteiger partial charge in [0.2, 0.25) is 5.89 Å². The zero-order valence-electron chi connectivity index (χ0n) is 14.8. The Morgan fingerprint density at radius 3 is 2.92 bits per heavy atom. The van der Waals surface area contributed by atoms with Gasteiger partial charge in [-0.05, 0) is 19.5 Å². The zero-order chi connectivity index (χ0) is 17.3. The fourth-order valence-electron chi connectivity index (χ4n) is 3.02. The van der Waals surface area contributed by atoms with Gasteiger partial charge in [-0.1, -0.05) is 19.0 Å². The van der Waals surface area contributed by atoms with Crippen molar-refractivity contribution in [3.8, 4) is 0 Å². The van der Waals surface area contributed by atoms with Crippen molar-refractivity contribution in [1.29, 1.82) is 0 Å². The fourth-order valence-corrected chi connectivity index (χ4v) is 3.02. The van der Waals surface area contributed by atoms with Gasteiger partial charge < -0.3 is 14.0 Å². The first-order valence-electron chi connectivity index (χ1n) is 8.38. The third-order valence-electron chi connectivity index (χ3n) is 4.52. The van der Waals surface area contributed by atoms with Crippen molar-refractivity contribution in [2.45, 2.75) is 38.8 Å². The molecule has 0 N–H and O–H groups in total. The molecule has 3 heterocycles. The molecule has 7 nitrogen and oxygen atoms in total. The molecule has 1 fully saturated rings. The Morgan fingerprint density at radius 1 is 1.50 bits per heavy atom. The summed E-state index contributed by atoms with van der Waals surface area (Å²) >= 11 is 0. The van der Waals surface area contributed by atoms with Crippen LogP contribution in [0.4, 0.5) is 0 Å². The molecule has 3 rings (SSSR count). The van der Waals surface area contributed by atoms with Crippen molar-refractivity contribution in [2.75, 3.05) is 20.1 Å². The summed E-state index contributed by atoms with van der Waals surface area (Å²) in [6.07, 6.45) is 4.73. The highest BCUT2D eigenvalue weighted by molar-refractivity contribution is 5.94. The normalized spacial score (nSPS) is 18.1. The van der Waals surface area contributed by atoms with E-state index in [1.54, 1.807) is 0 Å². The molecule has 0 saturated carbocycles. The number of amides is 1. The van der Waals surface area contributed by atoms with Crippen molar-refractivity contribution >= 4 is 5.91 Å². The van der Waals surface area contributed by atoms with Crippen molar-refractivity contribution in [3.63, 3.8) is 0 Å². The minimum atomic E-state index is 0.105. The third-order valence-corrected chi connectivity index (χ3v) is 4.52. The van der Waals surface area contributed by atoms with E-state index in [1.807, 2.05) is 55.9 Å². The van der Waals surface area contributed by atoms with Crippen LogP contribution in [0, 0.1) is 0 Å². The molecule has 1 amide bonds. The first-order valence-corrected chi connectivity index (χ1v) is 8.38. The zero-order valence-corrected chi connectivity index (χ0v) is 14.8. The van der Waals surface area contributed by atoms with E-state index in [0.717, 1.165) is 25.1 Å². The van der Waals surface area contributed by atoms with Crippen LogP contribution in [0.15, 0.2) is 23.0 Å². The number of carbonyl (C=O) groups is 1. The van der Waals surface area contributed by atoms with Gasteiger partial charge in [0.05, 0.1) is 12.1 Å². The van der Waals surface area contributed by atoms with Crippen molar-refractivity contribution in [3.05, 3.63) is 35.7 Å². The SMILES string of the molecule is CC(C)c1nc(CN(C)C2CCN(C(=O)c3ccn(C)c3)C2)no1. The highest BCUT2D eigenvalue weighted by Gasteiger charge is 2.30. The number of carbonyl (C=O) groups excluding carboxylic acids is 1. The van der Waals surface area contributed by atoms with Crippen LogP contribution in [-0.2, 0) is 13.6 Å². The smallest absolute Gasteiger partial charge is 0.255 e. The maximum atomic E-state index is 12.5. The second kappa shape index (κ2) is 6.76. The average Bonchev–Trinajstić information content (AvgIpc) is 3.26. The van der Waals surface area contributed by atoms with Gasteiger partial charge in [0.25, 0.3) is 5.91 Å². The molecule has 0 aliphatic carbocycles. The minimum absolute atomic E-state index is 0.105. The van der Waals surface area contributed by atoms with Gasteiger partial charge >= 0.3 is 0 Å². The number of hydrogen-bond donors (Lipinski definition) is 0. The number of nitrogens with zero attached hydrogens (tertiary/aromatic N) is 5. The second-order valence-electron chi connectivity index (χ2n) is 6.88. The predicted molar refractivity (Wildman–Crippen MR) is 89.6 cm³/mol. The molecule has 1 atom stereocenters. The van der Waals surface area contributed by atoms with E-state index in [1.165, 1.54) is 0 Å². The van der Waals surface area contributed by atoms with E-state index < -0.39 is 0 Å². The Hall–Kier alpha value is -2.15. The van der Waals surface area contributed by atoms with Gasteiger partial charge in [0.15, 0.2) is 5.82 Å². The number of likely N-dealkylation sites (tertiary alicyclic amines) is 1. The van der Waals surface area contributed by atoms with Crippen LogP contribution in [0.5, 0.6) is 0 Å². The molecular formula is C17H25N5O2. The summed E-state index contributed by atoms with van der Waals surface area (Å²) in [6, 6.07) is 2.19. The Labute approximate surface area is 142 Å². The summed E-state index contributed by atoms with van der Waals surface area (Å²) < 4.78 is 7.15. The summed E-state index contributed by atoms with van der Waals surface area (Å²) in [7, 11) is 3.97. The molecule has 24 heavy (non-hydrogen) atoms. The Morgan fingerprint density at radius 2 is 2.29 bits per heavy atom. The lowest BCUT2D eigenvalue weighted by molar-refractivity contribution is 0.0779. The van der Waals surface area contributed by atoms with Crippen molar-refractivity contribution < 1.29 is 9.32 Å². The number of rotatable bonds is 5. The maximum absolute atomic E-state index is 12.5. The number of likely N-dealkylation sites (N-methyl/N-ethyl adjacent to an activating group) is 1. The van der Waals surface area contributed by atoms with Gasteiger partial charge in [-0.3, -0.25) is 9.69 Å². The summed E-state index contributed by atoms with van der Waals surface area (Å²) in [5, 5.41) is 4.04. The molecule has 0 spiro atoms. The molecule has 0 radical (unpaired) electrons. The topological polar surface area (TPSA) is 67.4 Å². The standard InChI is InChI=1S/C17H25N5O2/c1-12(2)16-18-15(19-24-16)11-21(4)14-6-8-22(10-14)17(23)13-5-7-20(3)9-13/h5,7,9,12,14H,6,8,10-11H2,1-4H3. The molecule has 2 aromatic heterocycles. The lowest BCUT2D eigenvalue weighted by Gasteiger charge is -2.23. The monoisotopic (exact) mass is 331 g/mol. The first-order chi connectivity index (χ1) is 11.4. The van der Waals surface area contributed by atoms with E-state index in [4.69, 9.17) is 4.52 Å². The van der Waals surface area contributed by atoms with E-state index in [2.05, 4.69) is 15.0 Å². The van der Waals surface area contributed by atoms with Crippen LogP contribution in [0.1, 0.15) is 48.3 Å². The van der Waals surface area contributed by atoms with Crippen LogP contribution >= 0.6 is 0 Å². The van der Waals surface area contributed by atoms with Crippen LogP contribution in [0.3, 0.4) is 0 Å². The van der Waals surface area contributed by atoms with Crippen molar-refractivity contribution in [1.82, 2.24) is 24.5 Å². The van der Waals surface area contributed by atoms with E-state index in [-0.39, 0.29) is 11.8 Å². The van der Waals surface area contributed by atoms with Crippen LogP contribution in [0.25, 0.3) is 0 Å². The van der Waals surface area contributed by atoms with E-state index in [9.17, 15) is 4.79 Å². The summed E-state index contributed by atoms with van der Waals surface area (Å²) in [6.45, 7) is 6.22. The third kappa shape index (κ3) is 3.51. The van der Waals surface area contributed by atoms with Crippen molar-refractivity contribution in [2.24, 2.45) is 7.05 Å². The lowest BCUT2D eigenvalue weighted by atomic mass is 10.2. The largest absolute Gasteiger partial charge is 0.356 e. The van der Waals surface area contributed by atoms with Gasteiger partial charge in [0.1, 0.15) is 0 Å². The molecular weight excluding hydrogens is 306 g/mol. The Kier molecular flexibility index (Phi) is 4.71. The Bertz CT molecular complexity index is 705. The summed E-state index contributed by atoms with van der Waals surface area (Å²) in [4.78, 5) is 21.1. The number of aromatic nitrogens is 3. The highest BCUT2D eigenvalue weighted by Crippen LogP contribution is 2.19.